The summed E-state index contributed by atoms with van der Waals surface area (Å²) < 4.78 is 5.13. The van der Waals surface area contributed by atoms with Crippen molar-refractivity contribution in [2.45, 2.75) is 38.8 Å². The van der Waals surface area contributed by atoms with Crippen molar-refractivity contribution in [3.63, 3.8) is 0 Å². The average Bonchev–Trinajstić information content (AvgIpc) is 2.37. The van der Waals surface area contributed by atoms with Gasteiger partial charge >= 0.3 is 6.09 Å². The third kappa shape index (κ3) is 6.49. The molecule has 1 unspecified atom stereocenters. The maximum absolute atomic E-state index is 11.8. The first-order chi connectivity index (χ1) is 9.71. The zero-order valence-corrected chi connectivity index (χ0v) is 13.1. The lowest BCUT2D eigenvalue weighted by Gasteiger charge is -2.23. The molecule has 0 fully saturated rings. The molecule has 1 amide bonds. The summed E-state index contributed by atoms with van der Waals surface area (Å²) in [6, 6.07) is 5.64. The number of carbonyl (C=O) groups excluding carboxylic acids is 2. The molecule has 6 heteroatoms. The molecule has 0 aliphatic rings. The number of aromatic hydroxyl groups is 1. The highest BCUT2D eigenvalue weighted by Gasteiger charge is 2.23. The van der Waals surface area contributed by atoms with Crippen molar-refractivity contribution in [2.75, 3.05) is 5.88 Å². The van der Waals surface area contributed by atoms with Crippen molar-refractivity contribution < 1.29 is 19.4 Å². The molecule has 21 heavy (non-hydrogen) atoms. The summed E-state index contributed by atoms with van der Waals surface area (Å²) in [5.74, 6) is -0.354. The van der Waals surface area contributed by atoms with Crippen LogP contribution in [-0.4, -0.2) is 34.5 Å². The molecule has 0 heterocycles. The second-order valence-corrected chi connectivity index (χ2v) is 5.94. The van der Waals surface area contributed by atoms with Crippen molar-refractivity contribution in [3.05, 3.63) is 29.8 Å². The van der Waals surface area contributed by atoms with Crippen LogP contribution < -0.4 is 5.32 Å². The van der Waals surface area contributed by atoms with Crippen molar-refractivity contribution >= 4 is 23.5 Å². The molecule has 2 N–H and O–H groups in total. The largest absolute Gasteiger partial charge is 0.508 e. The number of halogens is 1. The van der Waals surface area contributed by atoms with Crippen LogP contribution in [0.3, 0.4) is 0 Å². The lowest BCUT2D eigenvalue weighted by atomic mass is 10.0. The van der Waals surface area contributed by atoms with E-state index in [1.807, 2.05) is 0 Å². The fourth-order valence-electron chi connectivity index (χ4n) is 1.66. The smallest absolute Gasteiger partial charge is 0.408 e. The highest BCUT2D eigenvalue weighted by molar-refractivity contribution is 6.28. The van der Waals surface area contributed by atoms with Crippen LogP contribution in [0.15, 0.2) is 24.3 Å². The normalized spacial score (nSPS) is 12.6. The van der Waals surface area contributed by atoms with E-state index in [4.69, 9.17) is 16.3 Å². The number of amides is 1. The third-order valence-electron chi connectivity index (χ3n) is 2.59. The molecular formula is C15H20ClNO4. The molecule has 5 nitrogen and oxygen atoms in total. The number of ketones is 1. The molecule has 0 bridgehead atoms. The van der Waals surface area contributed by atoms with Crippen molar-refractivity contribution in [3.8, 4) is 5.75 Å². The molecule has 0 spiro atoms. The summed E-state index contributed by atoms with van der Waals surface area (Å²) in [4.78, 5) is 23.6. The van der Waals surface area contributed by atoms with Gasteiger partial charge in [0.25, 0.3) is 0 Å². The zero-order valence-electron chi connectivity index (χ0n) is 12.4. The lowest BCUT2D eigenvalue weighted by molar-refractivity contribution is -0.118. The summed E-state index contributed by atoms with van der Waals surface area (Å²) in [5, 5.41) is 11.8. The van der Waals surface area contributed by atoms with Gasteiger partial charge < -0.3 is 15.2 Å². The van der Waals surface area contributed by atoms with Crippen molar-refractivity contribution in [1.82, 2.24) is 5.32 Å². The molecule has 1 aromatic rings. The summed E-state index contributed by atoms with van der Waals surface area (Å²) in [6.45, 7) is 5.22. The van der Waals surface area contributed by atoms with Crippen LogP contribution in [0.4, 0.5) is 4.79 Å². The Hall–Kier alpha value is -1.75. The van der Waals surface area contributed by atoms with E-state index < -0.39 is 17.7 Å². The van der Waals surface area contributed by atoms with Crippen molar-refractivity contribution in [2.24, 2.45) is 0 Å². The number of Topliss-reactive ketones (excluding diaryl/α,β-unsaturated/α-hetero) is 1. The molecule has 1 rings (SSSR count). The fourth-order valence-corrected chi connectivity index (χ4v) is 1.84. The molecule has 0 saturated heterocycles. The van der Waals surface area contributed by atoms with Gasteiger partial charge in [-0.05, 0) is 44.9 Å². The Kier molecular flexibility index (Phi) is 6.03. The second kappa shape index (κ2) is 7.31. The second-order valence-electron chi connectivity index (χ2n) is 5.67. The maximum atomic E-state index is 11.8. The number of hydrogen-bond donors (Lipinski definition) is 2. The Bertz CT molecular complexity index is 493. The van der Waals surface area contributed by atoms with Gasteiger partial charge in [0, 0.05) is 0 Å². The Balaban J connectivity index is 2.74. The van der Waals surface area contributed by atoms with Gasteiger partial charge in [-0.25, -0.2) is 4.79 Å². The van der Waals surface area contributed by atoms with E-state index in [-0.39, 0.29) is 23.8 Å². The molecule has 1 atom stereocenters. The number of phenolic OH excluding ortho intramolecular Hbond substituents is 1. The number of nitrogens with one attached hydrogen (secondary N) is 1. The van der Waals surface area contributed by atoms with Gasteiger partial charge in [0.15, 0.2) is 5.78 Å². The number of alkyl carbamates (subject to hydrolysis) is 1. The van der Waals surface area contributed by atoms with Gasteiger partial charge in [-0.3, -0.25) is 4.79 Å². The summed E-state index contributed by atoms with van der Waals surface area (Å²) >= 11 is 5.57. The monoisotopic (exact) mass is 313 g/mol. The van der Waals surface area contributed by atoms with Crippen LogP contribution in [0.5, 0.6) is 5.75 Å². The van der Waals surface area contributed by atoms with Gasteiger partial charge in [0.1, 0.15) is 11.4 Å². The minimum Gasteiger partial charge on any atom is -0.508 e. The van der Waals surface area contributed by atoms with Crippen LogP contribution >= 0.6 is 11.6 Å². The topological polar surface area (TPSA) is 75.6 Å². The molecule has 116 valence electrons. The first-order valence-corrected chi connectivity index (χ1v) is 7.11. The summed E-state index contributed by atoms with van der Waals surface area (Å²) in [5.41, 5.74) is 0.157. The van der Waals surface area contributed by atoms with Gasteiger partial charge in [0.05, 0.1) is 11.9 Å². The standard InChI is InChI=1S/C15H20ClNO4/c1-15(2,3)21-14(20)17-12(13(19)9-16)8-10-4-6-11(18)7-5-10/h4-7,12,18H,8-9H2,1-3H3,(H,17,20). The fraction of sp³-hybridized carbons (Fsp3) is 0.467. The Morgan fingerprint density at radius 2 is 1.86 bits per heavy atom. The predicted octanol–water partition coefficient (Wildman–Crippen LogP) is 2.64. The highest BCUT2D eigenvalue weighted by atomic mass is 35.5. The first kappa shape index (κ1) is 17.3. The van der Waals surface area contributed by atoms with Gasteiger partial charge in [-0.2, -0.15) is 0 Å². The van der Waals surface area contributed by atoms with E-state index >= 15 is 0 Å². The summed E-state index contributed by atoms with van der Waals surface area (Å²) in [6.07, 6.45) is -0.379. The van der Waals surface area contributed by atoms with E-state index in [1.54, 1.807) is 32.9 Å². The molecule has 1 aromatic carbocycles. The Morgan fingerprint density at radius 1 is 1.29 bits per heavy atom. The van der Waals surface area contributed by atoms with Crippen LogP contribution in [-0.2, 0) is 16.0 Å². The highest BCUT2D eigenvalue weighted by Crippen LogP contribution is 2.13. The van der Waals surface area contributed by atoms with E-state index in [2.05, 4.69) is 5.32 Å². The number of benzene rings is 1. The SMILES string of the molecule is CC(C)(C)OC(=O)NC(Cc1ccc(O)cc1)C(=O)CCl. The van der Waals surface area contributed by atoms with Crippen LogP contribution in [0.2, 0.25) is 0 Å². The molecule has 0 aliphatic heterocycles. The summed E-state index contributed by atoms with van der Waals surface area (Å²) in [7, 11) is 0. The number of hydrogen-bond acceptors (Lipinski definition) is 4. The third-order valence-corrected chi connectivity index (χ3v) is 2.85. The Labute approximate surface area is 129 Å². The molecular weight excluding hydrogens is 294 g/mol. The number of carbonyl (C=O) groups is 2. The molecule has 0 saturated carbocycles. The van der Waals surface area contributed by atoms with E-state index in [0.29, 0.717) is 0 Å². The molecule has 0 aromatic heterocycles. The van der Waals surface area contributed by atoms with Gasteiger partial charge in [-0.1, -0.05) is 12.1 Å². The average molecular weight is 314 g/mol. The maximum Gasteiger partial charge on any atom is 0.408 e. The van der Waals surface area contributed by atoms with Crippen molar-refractivity contribution in [1.29, 1.82) is 0 Å². The van der Waals surface area contributed by atoms with E-state index in [9.17, 15) is 14.7 Å². The molecule has 0 aliphatic carbocycles. The van der Waals surface area contributed by atoms with Crippen LogP contribution in [0.25, 0.3) is 0 Å². The first-order valence-electron chi connectivity index (χ1n) is 6.57. The Morgan fingerprint density at radius 3 is 2.33 bits per heavy atom. The van der Waals surface area contributed by atoms with Gasteiger partial charge in [-0.15, -0.1) is 11.6 Å². The minimum atomic E-state index is -0.762. The number of phenols is 1. The van der Waals surface area contributed by atoms with Gasteiger partial charge in [0.2, 0.25) is 0 Å². The number of alkyl halides is 1. The van der Waals surface area contributed by atoms with Crippen LogP contribution in [0.1, 0.15) is 26.3 Å². The number of ether oxygens (including phenoxy) is 1. The molecule has 0 radical (unpaired) electrons. The predicted molar refractivity (Wildman–Crippen MR) is 80.7 cm³/mol. The zero-order chi connectivity index (χ0) is 16.0. The van der Waals surface area contributed by atoms with E-state index in [0.717, 1.165) is 5.56 Å². The van der Waals surface area contributed by atoms with E-state index in [1.165, 1.54) is 12.1 Å². The van der Waals surface area contributed by atoms with Crippen LogP contribution in [0, 0.1) is 0 Å². The quantitative estimate of drug-likeness (QED) is 0.819. The minimum absolute atomic E-state index is 0.138. The lowest BCUT2D eigenvalue weighted by Crippen LogP contribution is -2.45. The number of rotatable bonds is 5.